The molecule has 25 heavy (non-hydrogen) atoms. The van der Waals surface area contributed by atoms with Crippen LogP contribution >= 0.6 is 0 Å². The topological polar surface area (TPSA) is 108 Å². The van der Waals surface area contributed by atoms with Crippen LogP contribution in [0.15, 0.2) is 30.5 Å². The zero-order chi connectivity index (χ0) is 17.2. The number of rotatable bonds is 4. The van der Waals surface area contributed by atoms with Gasteiger partial charge >= 0.3 is 0 Å². The van der Waals surface area contributed by atoms with Gasteiger partial charge in [-0.05, 0) is 12.1 Å². The predicted octanol–water partition coefficient (Wildman–Crippen LogP) is 1.71. The summed E-state index contributed by atoms with van der Waals surface area (Å²) in [6, 6.07) is 7.07. The minimum Gasteiger partial charge on any atom is -0.496 e. The smallest absolute Gasteiger partial charge is 0.259 e. The lowest BCUT2D eigenvalue weighted by Crippen LogP contribution is -2.23. The molecule has 0 saturated carbocycles. The third kappa shape index (κ3) is 2.87. The van der Waals surface area contributed by atoms with E-state index < -0.39 is 0 Å². The van der Waals surface area contributed by atoms with Gasteiger partial charge in [0.2, 0.25) is 0 Å². The molecule has 4 rings (SSSR count). The number of amides is 1. The number of ether oxygens (including phenoxy) is 1. The maximum Gasteiger partial charge on any atom is 0.259 e. The molecule has 0 aliphatic carbocycles. The maximum absolute atomic E-state index is 12.6. The van der Waals surface area contributed by atoms with E-state index in [2.05, 4.69) is 30.8 Å². The number of carbonyl (C=O) groups is 1. The number of nitrogens with one attached hydrogen (secondary N) is 4. The summed E-state index contributed by atoms with van der Waals surface area (Å²) in [5.74, 6) is 0.896. The van der Waals surface area contributed by atoms with Crippen LogP contribution in [0.4, 0.5) is 5.69 Å². The number of para-hydroxylation sites is 1. The van der Waals surface area contributed by atoms with Crippen LogP contribution in [0.25, 0.3) is 11.5 Å². The second-order valence-corrected chi connectivity index (χ2v) is 5.74. The van der Waals surface area contributed by atoms with Gasteiger partial charge in [0.15, 0.2) is 11.5 Å². The Morgan fingerprint density at radius 2 is 2.20 bits per heavy atom. The molecule has 4 N–H and O–H groups in total. The SMILES string of the molecule is COc1ccccc1C(=O)Nc1c[nH]nc1-c1nc2c([nH]1)CCNC2. The van der Waals surface area contributed by atoms with E-state index >= 15 is 0 Å². The number of carbonyl (C=O) groups excluding carboxylic acids is 1. The second kappa shape index (κ2) is 6.40. The lowest BCUT2D eigenvalue weighted by atomic mass is 10.2. The van der Waals surface area contributed by atoms with Crippen LogP contribution in [0.5, 0.6) is 5.75 Å². The first-order chi connectivity index (χ1) is 12.3. The van der Waals surface area contributed by atoms with E-state index in [-0.39, 0.29) is 5.91 Å². The molecule has 1 aliphatic rings. The third-order valence-electron chi connectivity index (χ3n) is 4.17. The Bertz CT molecular complexity index is 890. The van der Waals surface area contributed by atoms with E-state index in [0.29, 0.717) is 28.5 Å². The molecule has 3 heterocycles. The van der Waals surface area contributed by atoms with Crippen LogP contribution in [-0.2, 0) is 13.0 Å². The number of imidazole rings is 1. The number of H-pyrrole nitrogens is 2. The normalized spacial score (nSPS) is 13.3. The highest BCUT2D eigenvalue weighted by molar-refractivity contribution is 6.07. The molecule has 0 fully saturated rings. The molecule has 3 aromatic rings. The van der Waals surface area contributed by atoms with Crippen molar-refractivity contribution in [2.75, 3.05) is 19.0 Å². The van der Waals surface area contributed by atoms with Gasteiger partial charge in [-0.15, -0.1) is 0 Å². The number of methoxy groups -OCH3 is 1. The number of fused-ring (bicyclic) bond motifs is 1. The highest BCUT2D eigenvalue weighted by Crippen LogP contribution is 2.26. The van der Waals surface area contributed by atoms with Crippen LogP contribution in [0.3, 0.4) is 0 Å². The first-order valence-corrected chi connectivity index (χ1v) is 8.03. The fourth-order valence-electron chi connectivity index (χ4n) is 2.92. The number of hydrogen-bond donors (Lipinski definition) is 4. The summed E-state index contributed by atoms with van der Waals surface area (Å²) in [5, 5.41) is 13.2. The van der Waals surface area contributed by atoms with Crippen LogP contribution in [0.1, 0.15) is 21.7 Å². The van der Waals surface area contributed by atoms with Crippen molar-refractivity contribution in [2.45, 2.75) is 13.0 Å². The van der Waals surface area contributed by atoms with Crippen molar-refractivity contribution in [1.29, 1.82) is 0 Å². The lowest BCUT2D eigenvalue weighted by Gasteiger charge is -2.09. The monoisotopic (exact) mass is 338 g/mol. The van der Waals surface area contributed by atoms with Gasteiger partial charge in [0.25, 0.3) is 5.91 Å². The molecule has 1 aromatic carbocycles. The van der Waals surface area contributed by atoms with E-state index in [1.807, 2.05) is 6.07 Å². The van der Waals surface area contributed by atoms with Crippen molar-refractivity contribution in [1.82, 2.24) is 25.5 Å². The van der Waals surface area contributed by atoms with Gasteiger partial charge in [-0.1, -0.05) is 12.1 Å². The number of anilines is 1. The number of nitrogens with zero attached hydrogens (tertiary/aromatic N) is 2. The average Bonchev–Trinajstić information content (AvgIpc) is 3.27. The molecule has 2 aromatic heterocycles. The Morgan fingerprint density at radius 1 is 1.32 bits per heavy atom. The van der Waals surface area contributed by atoms with Crippen molar-refractivity contribution in [2.24, 2.45) is 0 Å². The Kier molecular flexibility index (Phi) is 3.95. The highest BCUT2D eigenvalue weighted by atomic mass is 16.5. The van der Waals surface area contributed by atoms with Gasteiger partial charge in [-0.2, -0.15) is 5.10 Å². The summed E-state index contributed by atoms with van der Waals surface area (Å²) in [6.07, 6.45) is 2.54. The Hall–Kier alpha value is -3.13. The molecule has 1 aliphatic heterocycles. The number of benzene rings is 1. The van der Waals surface area contributed by atoms with Crippen LogP contribution in [-0.4, -0.2) is 39.7 Å². The Balaban J connectivity index is 1.62. The van der Waals surface area contributed by atoms with Gasteiger partial charge in [-0.3, -0.25) is 9.89 Å². The molecular weight excluding hydrogens is 320 g/mol. The van der Waals surface area contributed by atoms with Crippen molar-refractivity contribution in [3.05, 3.63) is 47.4 Å². The van der Waals surface area contributed by atoms with Gasteiger partial charge in [0, 0.05) is 31.4 Å². The second-order valence-electron chi connectivity index (χ2n) is 5.74. The largest absolute Gasteiger partial charge is 0.496 e. The van der Waals surface area contributed by atoms with Gasteiger partial charge in [0.05, 0.1) is 24.1 Å². The van der Waals surface area contributed by atoms with Crippen LogP contribution in [0, 0.1) is 0 Å². The highest BCUT2D eigenvalue weighted by Gasteiger charge is 2.20. The number of aromatic nitrogens is 4. The van der Waals surface area contributed by atoms with Crippen LogP contribution < -0.4 is 15.4 Å². The summed E-state index contributed by atoms with van der Waals surface area (Å²) >= 11 is 0. The molecule has 128 valence electrons. The van der Waals surface area contributed by atoms with Gasteiger partial charge in [-0.25, -0.2) is 4.98 Å². The zero-order valence-corrected chi connectivity index (χ0v) is 13.7. The first-order valence-electron chi connectivity index (χ1n) is 8.03. The Labute approximate surface area is 144 Å². The Morgan fingerprint density at radius 3 is 3.04 bits per heavy atom. The molecule has 8 nitrogen and oxygen atoms in total. The molecule has 0 spiro atoms. The molecule has 8 heteroatoms. The maximum atomic E-state index is 12.6. The molecule has 0 bridgehead atoms. The molecule has 0 unspecified atom stereocenters. The number of aromatic amines is 2. The molecule has 0 radical (unpaired) electrons. The standard InChI is InChI=1S/C17H18N6O2/c1-25-14-5-3-2-4-10(14)17(24)22-13-9-19-23-15(13)16-20-11-6-7-18-8-12(11)21-16/h2-5,9,18H,6-8H2,1H3,(H,19,23)(H,20,21)(H,22,24). The van der Waals surface area contributed by atoms with E-state index in [0.717, 1.165) is 30.9 Å². The summed E-state index contributed by atoms with van der Waals surface area (Å²) in [6.45, 7) is 1.66. The van der Waals surface area contributed by atoms with Gasteiger partial charge in [0.1, 0.15) is 5.75 Å². The van der Waals surface area contributed by atoms with Crippen molar-refractivity contribution < 1.29 is 9.53 Å². The van der Waals surface area contributed by atoms with Crippen molar-refractivity contribution in [3.63, 3.8) is 0 Å². The molecule has 0 saturated heterocycles. The summed E-state index contributed by atoms with van der Waals surface area (Å²) < 4.78 is 5.25. The quantitative estimate of drug-likeness (QED) is 0.579. The van der Waals surface area contributed by atoms with Crippen molar-refractivity contribution in [3.8, 4) is 17.3 Å². The van der Waals surface area contributed by atoms with E-state index in [4.69, 9.17) is 4.74 Å². The molecular formula is C17H18N6O2. The van der Waals surface area contributed by atoms with E-state index in [1.165, 1.54) is 7.11 Å². The third-order valence-corrected chi connectivity index (χ3v) is 4.17. The minimum absolute atomic E-state index is 0.266. The van der Waals surface area contributed by atoms with Crippen molar-refractivity contribution >= 4 is 11.6 Å². The van der Waals surface area contributed by atoms with E-state index in [9.17, 15) is 4.79 Å². The van der Waals surface area contributed by atoms with Crippen LogP contribution in [0.2, 0.25) is 0 Å². The molecule has 0 atom stereocenters. The lowest BCUT2D eigenvalue weighted by molar-refractivity contribution is 0.102. The fourth-order valence-corrected chi connectivity index (χ4v) is 2.92. The predicted molar refractivity (Wildman–Crippen MR) is 92.5 cm³/mol. The number of hydrogen-bond acceptors (Lipinski definition) is 5. The zero-order valence-electron chi connectivity index (χ0n) is 13.7. The average molecular weight is 338 g/mol. The summed E-state index contributed by atoms with van der Waals surface area (Å²) in [4.78, 5) is 20.5. The van der Waals surface area contributed by atoms with Gasteiger partial charge < -0.3 is 20.4 Å². The first kappa shape index (κ1) is 15.4. The fraction of sp³-hybridized carbons (Fsp3) is 0.235. The van der Waals surface area contributed by atoms with E-state index in [1.54, 1.807) is 24.4 Å². The minimum atomic E-state index is -0.266. The summed E-state index contributed by atoms with van der Waals surface area (Å²) in [7, 11) is 1.54. The summed E-state index contributed by atoms with van der Waals surface area (Å²) in [5.41, 5.74) is 3.71. The molecule has 1 amide bonds.